The molecule has 0 unspecified atom stereocenters. The van der Waals surface area contributed by atoms with Crippen LogP contribution < -0.4 is 0 Å². The first-order chi connectivity index (χ1) is 9.61. The van der Waals surface area contributed by atoms with Gasteiger partial charge in [0.2, 0.25) is 5.89 Å². The highest BCUT2D eigenvalue weighted by atomic mass is 16.5. The Morgan fingerprint density at radius 3 is 2.85 bits per heavy atom. The highest BCUT2D eigenvalue weighted by Crippen LogP contribution is 2.29. The molecule has 1 N–H and O–H groups in total. The molecule has 0 fully saturated rings. The van der Waals surface area contributed by atoms with Crippen LogP contribution in [0.4, 0.5) is 0 Å². The van der Waals surface area contributed by atoms with Gasteiger partial charge in [-0.1, -0.05) is 12.1 Å². The van der Waals surface area contributed by atoms with Crippen molar-refractivity contribution >= 4 is 5.97 Å². The second-order valence-corrected chi connectivity index (χ2v) is 4.47. The van der Waals surface area contributed by atoms with Gasteiger partial charge < -0.3 is 14.3 Å². The van der Waals surface area contributed by atoms with E-state index in [0.717, 1.165) is 11.5 Å². The first-order valence-corrected chi connectivity index (χ1v) is 6.43. The number of aryl methyl sites for hydroxylation is 2. The van der Waals surface area contributed by atoms with Gasteiger partial charge in [-0.15, -0.1) is 0 Å². The molecule has 0 aliphatic rings. The molecule has 1 heterocycles. The number of carbonyl (C=O) groups excluding carboxylic acids is 1. The predicted molar refractivity (Wildman–Crippen MR) is 73.3 cm³/mol. The van der Waals surface area contributed by atoms with Gasteiger partial charge >= 0.3 is 5.97 Å². The SMILES string of the molecule is COC(=O)CCCc1oc(-c2ccccc2O)nc1C. The summed E-state index contributed by atoms with van der Waals surface area (Å²) in [4.78, 5) is 15.4. The molecule has 0 aliphatic heterocycles. The van der Waals surface area contributed by atoms with Gasteiger partial charge in [0.15, 0.2) is 0 Å². The molecule has 0 amide bonds. The molecular formula is C15H17NO4. The molecule has 2 aromatic rings. The minimum atomic E-state index is -0.233. The van der Waals surface area contributed by atoms with E-state index in [2.05, 4.69) is 9.72 Å². The molecule has 1 aromatic carbocycles. The third-order valence-electron chi connectivity index (χ3n) is 3.04. The van der Waals surface area contributed by atoms with E-state index in [1.165, 1.54) is 7.11 Å². The average molecular weight is 275 g/mol. The van der Waals surface area contributed by atoms with Crippen molar-refractivity contribution in [3.8, 4) is 17.2 Å². The second-order valence-electron chi connectivity index (χ2n) is 4.47. The molecule has 5 heteroatoms. The van der Waals surface area contributed by atoms with Crippen molar-refractivity contribution in [3.05, 3.63) is 35.7 Å². The van der Waals surface area contributed by atoms with E-state index in [1.54, 1.807) is 18.2 Å². The zero-order valence-electron chi connectivity index (χ0n) is 11.5. The Labute approximate surface area is 117 Å². The lowest BCUT2D eigenvalue weighted by Gasteiger charge is -1.99. The number of aromatic nitrogens is 1. The summed E-state index contributed by atoms with van der Waals surface area (Å²) in [7, 11) is 1.37. The van der Waals surface area contributed by atoms with Crippen molar-refractivity contribution in [2.75, 3.05) is 7.11 Å². The fourth-order valence-electron chi connectivity index (χ4n) is 1.93. The number of ether oxygens (including phenoxy) is 1. The Hall–Kier alpha value is -2.30. The summed E-state index contributed by atoms with van der Waals surface area (Å²) >= 11 is 0. The fourth-order valence-corrected chi connectivity index (χ4v) is 1.93. The maximum atomic E-state index is 11.1. The van der Waals surface area contributed by atoms with E-state index < -0.39 is 0 Å². The number of para-hydroxylation sites is 1. The fraction of sp³-hybridized carbons (Fsp3) is 0.333. The van der Waals surface area contributed by atoms with Crippen LogP contribution in [0.3, 0.4) is 0 Å². The van der Waals surface area contributed by atoms with Crippen LogP contribution in [0.15, 0.2) is 28.7 Å². The highest BCUT2D eigenvalue weighted by Gasteiger charge is 2.14. The Balaban J connectivity index is 2.10. The lowest BCUT2D eigenvalue weighted by Crippen LogP contribution is -2.00. The third-order valence-corrected chi connectivity index (χ3v) is 3.04. The molecule has 0 atom stereocenters. The Bertz CT molecular complexity index is 604. The van der Waals surface area contributed by atoms with Crippen LogP contribution in [0, 0.1) is 6.92 Å². The van der Waals surface area contributed by atoms with Crippen LogP contribution >= 0.6 is 0 Å². The monoisotopic (exact) mass is 275 g/mol. The van der Waals surface area contributed by atoms with E-state index in [4.69, 9.17) is 4.42 Å². The summed E-state index contributed by atoms with van der Waals surface area (Å²) in [6, 6.07) is 6.89. The number of hydrogen-bond acceptors (Lipinski definition) is 5. The van der Waals surface area contributed by atoms with E-state index in [1.807, 2.05) is 13.0 Å². The Morgan fingerprint density at radius 2 is 2.15 bits per heavy atom. The lowest BCUT2D eigenvalue weighted by molar-refractivity contribution is -0.140. The van der Waals surface area contributed by atoms with E-state index in [9.17, 15) is 9.90 Å². The number of nitrogens with zero attached hydrogens (tertiary/aromatic N) is 1. The standard InChI is InChI=1S/C15H17NO4/c1-10-13(8-5-9-14(18)19-2)20-15(16-10)11-6-3-4-7-12(11)17/h3-4,6-7,17H,5,8-9H2,1-2H3. The first kappa shape index (κ1) is 14.1. The van der Waals surface area contributed by atoms with E-state index in [-0.39, 0.29) is 11.7 Å². The van der Waals surface area contributed by atoms with Gasteiger partial charge in [-0.3, -0.25) is 4.79 Å². The molecule has 0 saturated carbocycles. The summed E-state index contributed by atoms with van der Waals surface area (Å²) in [6.45, 7) is 1.85. The number of phenols is 1. The van der Waals surface area contributed by atoms with Crippen molar-refractivity contribution < 1.29 is 19.1 Å². The molecule has 0 radical (unpaired) electrons. The van der Waals surface area contributed by atoms with Gasteiger partial charge in [-0.25, -0.2) is 4.98 Å². The van der Waals surface area contributed by atoms with Crippen LogP contribution in [0.5, 0.6) is 5.75 Å². The second kappa shape index (κ2) is 6.23. The minimum Gasteiger partial charge on any atom is -0.507 e. The molecule has 0 aliphatic carbocycles. The van der Waals surface area contributed by atoms with Crippen molar-refractivity contribution in [3.63, 3.8) is 0 Å². The van der Waals surface area contributed by atoms with Gasteiger partial charge in [0, 0.05) is 12.8 Å². The largest absolute Gasteiger partial charge is 0.507 e. The molecule has 106 valence electrons. The van der Waals surface area contributed by atoms with Gasteiger partial charge in [0.05, 0.1) is 18.4 Å². The quantitative estimate of drug-likeness (QED) is 0.849. The Kier molecular flexibility index (Phi) is 4.40. The zero-order chi connectivity index (χ0) is 14.5. The number of phenolic OH excluding ortho intramolecular Hbond substituents is 1. The molecular weight excluding hydrogens is 258 g/mol. The molecule has 0 saturated heterocycles. The third kappa shape index (κ3) is 3.17. The number of methoxy groups -OCH3 is 1. The van der Waals surface area contributed by atoms with Crippen molar-refractivity contribution in [1.82, 2.24) is 4.98 Å². The molecule has 2 rings (SSSR count). The number of benzene rings is 1. The summed E-state index contributed by atoms with van der Waals surface area (Å²) in [6.07, 6.45) is 1.60. The van der Waals surface area contributed by atoms with Gasteiger partial charge in [0.1, 0.15) is 11.5 Å². The normalized spacial score (nSPS) is 10.5. The average Bonchev–Trinajstić information content (AvgIpc) is 2.80. The maximum absolute atomic E-state index is 11.1. The first-order valence-electron chi connectivity index (χ1n) is 6.43. The topological polar surface area (TPSA) is 72.6 Å². The number of rotatable bonds is 5. The molecule has 20 heavy (non-hydrogen) atoms. The number of aromatic hydroxyl groups is 1. The van der Waals surface area contributed by atoms with Gasteiger partial charge in [0.25, 0.3) is 0 Å². The molecule has 0 bridgehead atoms. The van der Waals surface area contributed by atoms with Gasteiger partial charge in [-0.05, 0) is 25.5 Å². The highest BCUT2D eigenvalue weighted by molar-refractivity contribution is 5.69. The van der Waals surface area contributed by atoms with Crippen LogP contribution in [0.25, 0.3) is 11.5 Å². The van der Waals surface area contributed by atoms with Crippen LogP contribution in [0.2, 0.25) is 0 Å². The summed E-state index contributed by atoms with van der Waals surface area (Å²) in [5.74, 6) is 1.03. The Morgan fingerprint density at radius 1 is 1.40 bits per heavy atom. The summed E-state index contributed by atoms with van der Waals surface area (Å²) in [5, 5.41) is 9.78. The summed E-state index contributed by atoms with van der Waals surface area (Å²) in [5.41, 5.74) is 1.34. The zero-order valence-corrected chi connectivity index (χ0v) is 11.5. The number of oxazole rings is 1. The van der Waals surface area contributed by atoms with Gasteiger partial charge in [-0.2, -0.15) is 0 Å². The number of carbonyl (C=O) groups is 1. The van der Waals surface area contributed by atoms with Crippen LogP contribution in [0.1, 0.15) is 24.3 Å². The smallest absolute Gasteiger partial charge is 0.305 e. The lowest BCUT2D eigenvalue weighted by atomic mass is 10.2. The van der Waals surface area contributed by atoms with Crippen molar-refractivity contribution in [2.24, 2.45) is 0 Å². The van der Waals surface area contributed by atoms with Crippen LogP contribution in [-0.4, -0.2) is 23.2 Å². The molecule has 5 nitrogen and oxygen atoms in total. The summed E-state index contributed by atoms with van der Waals surface area (Å²) < 4.78 is 10.3. The minimum absolute atomic E-state index is 0.134. The number of hydrogen-bond donors (Lipinski definition) is 1. The number of esters is 1. The van der Waals surface area contributed by atoms with E-state index >= 15 is 0 Å². The molecule has 0 spiro atoms. The maximum Gasteiger partial charge on any atom is 0.305 e. The van der Waals surface area contributed by atoms with Crippen LogP contribution in [-0.2, 0) is 16.0 Å². The van der Waals surface area contributed by atoms with Crippen molar-refractivity contribution in [1.29, 1.82) is 0 Å². The van der Waals surface area contributed by atoms with Crippen molar-refractivity contribution in [2.45, 2.75) is 26.2 Å². The predicted octanol–water partition coefficient (Wildman–Crippen LogP) is 2.85. The molecule has 1 aromatic heterocycles. The van der Waals surface area contributed by atoms with E-state index in [0.29, 0.717) is 30.7 Å².